The van der Waals surface area contributed by atoms with Crippen LogP contribution in [0.4, 0.5) is 0 Å². The van der Waals surface area contributed by atoms with Gasteiger partial charge in [0.25, 0.3) is 0 Å². The molecule has 0 atom stereocenters. The number of aromatic nitrogens is 1. The Balaban J connectivity index is 2.24. The first-order valence-corrected chi connectivity index (χ1v) is 6.34. The van der Waals surface area contributed by atoms with Crippen molar-refractivity contribution in [3.63, 3.8) is 0 Å². The summed E-state index contributed by atoms with van der Waals surface area (Å²) in [6.07, 6.45) is 12.5. The van der Waals surface area contributed by atoms with E-state index in [1.807, 2.05) is 0 Å². The van der Waals surface area contributed by atoms with Gasteiger partial charge in [0.15, 0.2) is 12.4 Å². The summed E-state index contributed by atoms with van der Waals surface area (Å²) < 4.78 is 2.25. The van der Waals surface area contributed by atoms with E-state index in [-0.39, 0.29) is 0 Å². The minimum absolute atomic E-state index is 1.07. The molecule has 0 spiro atoms. The summed E-state index contributed by atoms with van der Waals surface area (Å²) in [7, 11) is 0. The molecule has 84 valence electrons. The van der Waals surface area contributed by atoms with Crippen LogP contribution >= 0.6 is 0 Å². The highest BCUT2D eigenvalue weighted by molar-refractivity contribution is 5.05. The summed E-state index contributed by atoms with van der Waals surface area (Å²) in [6.45, 7) is 5.52. The molecule has 0 bridgehead atoms. The van der Waals surface area contributed by atoms with Gasteiger partial charge in [0.05, 0.1) is 0 Å². The number of rotatable bonds is 7. The lowest BCUT2D eigenvalue weighted by atomic mass is 10.1. The second kappa shape index (κ2) is 7.44. The third kappa shape index (κ3) is 4.96. The average molecular weight is 206 g/mol. The lowest BCUT2D eigenvalue weighted by Crippen LogP contribution is -2.31. The molecular formula is C14H24N+. The van der Waals surface area contributed by atoms with E-state index in [9.17, 15) is 0 Å². The maximum absolute atomic E-state index is 2.28. The summed E-state index contributed by atoms with van der Waals surface area (Å²) >= 11 is 0. The number of hydrogen-bond acceptors (Lipinski definition) is 0. The summed E-state index contributed by atoms with van der Waals surface area (Å²) in [5.74, 6) is 0. The zero-order chi connectivity index (χ0) is 10.9. The molecule has 1 rings (SSSR count). The van der Waals surface area contributed by atoms with Crippen LogP contribution in [-0.2, 0) is 13.0 Å². The Morgan fingerprint density at radius 3 is 2.60 bits per heavy atom. The summed E-state index contributed by atoms with van der Waals surface area (Å²) in [6, 6.07) is 4.40. The second-order valence-corrected chi connectivity index (χ2v) is 4.21. The van der Waals surface area contributed by atoms with E-state index >= 15 is 0 Å². The lowest BCUT2D eigenvalue weighted by molar-refractivity contribution is -0.694. The monoisotopic (exact) mass is 206 g/mol. The smallest absolute Gasteiger partial charge is 0.171 e. The van der Waals surface area contributed by atoms with Crippen LogP contribution < -0.4 is 4.57 Å². The number of hydrogen-bond donors (Lipinski definition) is 0. The SMILES string of the molecule is CCCCCCCc1ccc[n+](CC)c1. The molecular weight excluding hydrogens is 182 g/mol. The largest absolute Gasteiger partial charge is 0.205 e. The van der Waals surface area contributed by atoms with E-state index in [1.54, 1.807) is 0 Å². The standard InChI is InChI=1S/C14H24N/c1-3-5-6-7-8-10-14-11-9-12-15(4-2)13-14/h9,11-13H,3-8,10H2,1-2H3/q+1. The predicted octanol–water partition coefficient (Wildman–Crippen LogP) is 3.51. The van der Waals surface area contributed by atoms with Crippen LogP contribution in [0.2, 0.25) is 0 Å². The highest BCUT2D eigenvalue weighted by Crippen LogP contribution is 2.07. The van der Waals surface area contributed by atoms with Crippen molar-refractivity contribution in [1.82, 2.24) is 0 Å². The Kier molecular flexibility index (Phi) is 6.06. The molecule has 0 unspecified atom stereocenters. The Hall–Kier alpha value is -0.850. The molecule has 1 nitrogen and oxygen atoms in total. The molecule has 0 saturated carbocycles. The van der Waals surface area contributed by atoms with Gasteiger partial charge < -0.3 is 0 Å². The minimum atomic E-state index is 1.07. The van der Waals surface area contributed by atoms with Gasteiger partial charge in [-0.15, -0.1) is 0 Å². The van der Waals surface area contributed by atoms with E-state index in [1.165, 1.54) is 44.1 Å². The topological polar surface area (TPSA) is 3.88 Å². The van der Waals surface area contributed by atoms with Crippen molar-refractivity contribution in [1.29, 1.82) is 0 Å². The van der Waals surface area contributed by atoms with Crippen molar-refractivity contribution in [3.05, 3.63) is 30.1 Å². The third-order valence-electron chi connectivity index (χ3n) is 2.85. The van der Waals surface area contributed by atoms with Crippen molar-refractivity contribution in [2.45, 2.75) is 58.9 Å². The van der Waals surface area contributed by atoms with E-state index < -0.39 is 0 Å². The van der Waals surface area contributed by atoms with Gasteiger partial charge in [0.1, 0.15) is 6.54 Å². The molecule has 1 aromatic heterocycles. The Morgan fingerprint density at radius 2 is 1.87 bits per heavy atom. The second-order valence-electron chi connectivity index (χ2n) is 4.21. The number of pyridine rings is 1. The van der Waals surface area contributed by atoms with E-state index in [2.05, 4.69) is 42.9 Å². The summed E-state index contributed by atoms with van der Waals surface area (Å²) in [5.41, 5.74) is 1.48. The van der Waals surface area contributed by atoms with Gasteiger partial charge >= 0.3 is 0 Å². The normalized spacial score (nSPS) is 10.5. The quantitative estimate of drug-likeness (QED) is 0.475. The average Bonchev–Trinajstić information content (AvgIpc) is 2.29. The molecule has 15 heavy (non-hydrogen) atoms. The van der Waals surface area contributed by atoms with Crippen LogP contribution in [0.3, 0.4) is 0 Å². The van der Waals surface area contributed by atoms with Crippen LogP contribution in [0.15, 0.2) is 24.5 Å². The fourth-order valence-corrected chi connectivity index (χ4v) is 1.85. The van der Waals surface area contributed by atoms with Crippen molar-refractivity contribution >= 4 is 0 Å². The van der Waals surface area contributed by atoms with Gasteiger partial charge in [-0.3, -0.25) is 0 Å². The zero-order valence-corrected chi connectivity index (χ0v) is 10.2. The van der Waals surface area contributed by atoms with Crippen LogP contribution in [0.1, 0.15) is 51.5 Å². The number of unbranched alkanes of at least 4 members (excludes halogenated alkanes) is 4. The fraction of sp³-hybridized carbons (Fsp3) is 0.643. The first-order chi connectivity index (χ1) is 7.36. The number of nitrogens with zero attached hydrogens (tertiary/aromatic N) is 1. The van der Waals surface area contributed by atoms with Crippen LogP contribution in [0.25, 0.3) is 0 Å². The van der Waals surface area contributed by atoms with Gasteiger partial charge in [-0.2, -0.15) is 0 Å². The highest BCUT2D eigenvalue weighted by atomic mass is 14.9. The molecule has 0 radical (unpaired) electrons. The highest BCUT2D eigenvalue weighted by Gasteiger charge is 1.99. The van der Waals surface area contributed by atoms with Crippen molar-refractivity contribution < 1.29 is 4.57 Å². The molecule has 1 aromatic rings. The van der Waals surface area contributed by atoms with Crippen LogP contribution in [0, 0.1) is 0 Å². The molecule has 0 fully saturated rings. The van der Waals surface area contributed by atoms with E-state index in [4.69, 9.17) is 0 Å². The van der Waals surface area contributed by atoms with Crippen LogP contribution in [0.5, 0.6) is 0 Å². The minimum Gasteiger partial charge on any atom is -0.205 e. The molecule has 0 N–H and O–H groups in total. The molecule has 1 heterocycles. The van der Waals surface area contributed by atoms with Crippen molar-refractivity contribution in [2.75, 3.05) is 0 Å². The fourth-order valence-electron chi connectivity index (χ4n) is 1.85. The Bertz CT molecular complexity index is 268. The molecule has 0 saturated heterocycles. The molecule has 1 heteroatoms. The maximum Gasteiger partial charge on any atom is 0.171 e. The van der Waals surface area contributed by atoms with Gasteiger partial charge in [0.2, 0.25) is 0 Å². The molecule has 0 aliphatic carbocycles. The van der Waals surface area contributed by atoms with Gasteiger partial charge in [0, 0.05) is 11.6 Å². The number of aryl methyl sites for hydroxylation is 2. The van der Waals surface area contributed by atoms with Gasteiger partial charge in [-0.25, -0.2) is 4.57 Å². The van der Waals surface area contributed by atoms with Crippen LogP contribution in [-0.4, -0.2) is 0 Å². The summed E-state index contributed by atoms with van der Waals surface area (Å²) in [5, 5.41) is 0. The van der Waals surface area contributed by atoms with Crippen molar-refractivity contribution in [2.24, 2.45) is 0 Å². The summed E-state index contributed by atoms with van der Waals surface area (Å²) in [4.78, 5) is 0. The Labute approximate surface area is 94.1 Å². The molecule has 0 aliphatic heterocycles. The van der Waals surface area contributed by atoms with Gasteiger partial charge in [-0.1, -0.05) is 32.6 Å². The molecule has 0 aromatic carbocycles. The van der Waals surface area contributed by atoms with E-state index in [0.29, 0.717) is 0 Å². The molecule has 0 amide bonds. The van der Waals surface area contributed by atoms with Crippen molar-refractivity contribution in [3.8, 4) is 0 Å². The van der Waals surface area contributed by atoms with Gasteiger partial charge in [-0.05, 0) is 25.8 Å². The third-order valence-corrected chi connectivity index (χ3v) is 2.85. The first-order valence-electron chi connectivity index (χ1n) is 6.34. The predicted molar refractivity (Wildman–Crippen MR) is 64.8 cm³/mol. The molecule has 0 aliphatic rings. The van der Waals surface area contributed by atoms with E-state index in [0.717, 1.165) is 6.54 Å². The zero-order valence-electron chi connectivity index (χ0n) is 10.2. The first kappa shape index (κ1) is 12.2. The lowest BCUT2D eigenvalue weighted by Gasteiger charge is -2.00. The Morgan fingerprint density at radius 1 is 1.07 bits per heavy atom. The maximum atomic E-state index is 2.28.